The van der Waals surface area contributed by atoms with Crippen molar-refractivity contribution in [2.45, 2.75) is 20.5 Å². The number of thiocarbonyl (C=S) groups is 1. The lowest BCUT2D eigenvalue weighted by atomic mass is 9.93. The molecule has 0 aliphatic heterocycles. The van der Waals surface area contributed by atoms with Crippen LogP contribution in [0.4, 0.5) is 14.5 Å². The summed E-state index contributed by atoms with van der Waals surface area (Å²) in [4.78, 5) is 1.38. The quantitative estimate of drug-likeness (QED) is 0.665. The molecule has 7 heteroatoms. The van der Waals surface area contributed by atoms with Crippen LogP contribution in [-0.4, -0.2) is 38.9 Å². The molecule has 22 heavy (non-hydrogen) atoms. The highest BCUT2D eigenvalue weighted by atomic mass is 32.1. The predicted octanol–water partition coefficient (Wildman–Crippen LogP) is 1.75. The number of anilines is 1. The van der Waals surface area contributed by atoms with Crippen molar-refractivity contribution >= 4 is 23.0 Å². The second-order valence-electron chi connectivity index (χ2n) is 6.26. The third kappa shape index (κ3) is 7.51. The molecule has 0 aliphatic rings. The summed E-state index contributed by atoms with van der Waals surface area (Å²) >= 11 is 5.24. The number of quaternary nitrogens is 1. The number of hydrogen-bond donors (Lipinski definition) is 3. The lowest BCUT2D eigenvalue weighted by molar-refractivity contribution is -0.865. The maximum atomic E-state index is 12.1. The average molecular weight is 332 g/mol. The van der Waals surface area contributed by atoms with E-state index >= 15 is 0 Å². The Morgan fingerprint density at radius 2 is 1.86 bits per heavy atom. The van der Waals surface area contributed by atoms with Crippen LogP contribution in [0.5, 0.6) is 5.75 Å². The van der Waals surface area contributed by atoms with Crippen LogP contribution in [0, 0.1) is 5.41 Å². The molecule has 1 aromatic carbocycles. The van der Waals surface area contributed by atoms with Crippen LogP contribution < -0.4 is 20.3 Å². The van der Waals surface area contributed by atoms with Gasteiger partial charge in [-0.05, 0) is 36.5 Å². The summed E-state index contributed by atoms with van der Waals surface area (Å²) in [5, 5.41) is 6.70. The molecule has 0 amide bonds. The molecule has 0 bridgehead atoms. The van der Waals surface area contributed by atoms with Gasteiger partial charge >= 0.3 is 6.61 Å². The Morgan fingerprint density at radius 3 is 2.36 bits per heavy atom. The largest absolute Gasteiger partial charge is 0.435 e. The van der Waals surface area contributed by atoms with E-state index in [2.05, 4.69) is 43.3 Å². The Hall–Kier alpha value is -1.47. The maximum absolute atomic E-state index is 12.1. The number of benzene rings is 1. The number of hydrogen-bond acceptors (Lipinski definition) is 2. The second-order valence-corrected chi connectivity index (χ2v) is 6.67. The van der Waals surface area contributed by atoms with E-state index < -0.39 is 6.61 Å². The van der Waals surface area contributed by atoms with Gasteiger partial charge in [0.25, 0.3) is 0 Å². The van der Waals surface area contributed by atoms with Crippen LogP contribution in [0.2, 0.25) is 0 Å². The zero-order valence-electron chi connectivity index (χ0n) is 13.4. The van der Waals surface area contributed by atoms with E-state index in [0.29, 0.717) is 5.11 Å². The van der Waals surface area contributed by atoms with Gasteiger partial charge in [0, 0.05) is 17.6 Å². The maximum Gasteiger partial charge on any atom is 0.387 e. The fourth-order valence-electron chi connectivity index (χ4n) is 2.23. The van der Waals surface area contributed by atoms with E-state index in [4.69, 9.17) is 12.2 Å². The summed E-state index contributed by atoms with van der Waals surface area (Å²) in [6, 6.07) is 6.22. The Morgan fingerprint density at radius 1 is 1.27 bits per heavy atom. The lowest BCUT2D eigenvalue weighted by Crippen LogP contribution is -3.07. The zero-order valence-corrected chi connectivity index (χ0v) is 14.2. The summed E-state index contributed by atoms with van der Waals surface area (Å²) in [7, 11) is 4.22. The smallest absolute Gasteiger partial charge is 0.387 e. The monoisotopic (exact) mass is 332 g/mol. The van der Waals surface area contributed by atoms with Gasteiger partial charge in [-0.2, -0.15) is 8.78 Å². The van der Waals surface area contributed by atoms with Crippen LogP contribution in [0.1, 0.15) is 13.8 Å². The molecule has 0 spiro atoms. The van der Waals surface area contributed by atoms with Gasteiger partial charge in [-0.1, -0.05) is 13.8 Å². The number of ether oxygens (including phenoxy) is 1. The lowest BCUT2D eigenvalue weighted by Gasteiger charge is -2.26. The molecule has 0 fully saturated rings. The summed E-state index contributed by atoms with van der Waals surface area (Å²) in [5.41, 5.74) is 0.828. The summed E-state index contributed by atoms with van der Waals surface area (Å²) in [6.07, 6.45) is 0. The van der Waals surface area contributed by atoms with Crippen molar-refractivity contribution in [1.82, 2.24) is 5.32 Å². The Bertz CT molecular complexity index is 478. The molecule has 0 saturated carbocycles. The molecule has 0 aliphatic carbocycles. The topological polar surface area (TPSA) is 37.7 Å². The molecule has 0 radical (unpaired) electrons. The number of nitrogens with one attached hydrogen (secondary N) is 3. The third-order valence-electron chi connectivity index (χ3n) is 2.90. The van der Waals surface area contributed by atoms with Crippen molar-refractivity contribution in [3.8, 4) is 5.75 Å². The van der Waals surface area contributed by atoms with E-state index in [9.17, 15) is 8.78 Å². The van der Waals surface area contributed by atoms with E-state index in [0.717, 1.165) is 18.8 Å². The highest BCUT2D eigenvalue weighted by molar-refractivity contribution is 7.80. The van der Waals surface area contributed by atoms with Gasteiger partial charge in [0.05, 0.1) is 20.6 Å². The fraction of sp³-hybridized carbons (Fsp3) is 0.533. The van der Waals surface area contributed by atoms with E-state index in [1.54, 1.807) is 12.1 Å². The molecule has 1 rings (SSSR count). The molecule has 0 unspecified atom stereocenters. The van der Waals surface area contributed by atoms with Crippen LogP contribution in [0.3, 0.4) is 0 Å². The molecular formula is C15H24F2N3OS+. The Kier molecular flexibility index (Phi) is 6.96. The summed E-state index contributed by atoms with van der Waals surface area (Å²) in [5.74, 6) is 0.120. The highest BCUT2D eigenvalue weighted by Gasteiger charge is 2.21. The minimum atomic E-state index is -2.82. The van der Waals surface area contributed by atoms with Crippen LogP contribution in [-0.2, 0) is 0 Å². The fourth-order valence-corrected chi connectivity index (χ4v) is 2.42. The average Bonchev–Trinajstić information content (AvgIpc) is 2.37. The molecule has 3 N–H and O–H groups in total. The normalized spacial score (nSPS) is 11.6. The van der Waals surface area contributed by atoms with Gasteiger partial charge < -0.3 is 20.3 Å². The van der Waals surface area contributed by atoms with Crippen molar-refractivity contribution in [3.05, 3.63) is 24.3 Å². The van der Waals surface area contributed by atoms with Crippen molar-refractivity contribution in [3.63, 3.8) is 0 Å². The molecule has 0 atom stereocenters. The van der Waals surface area contributed by atoms with Crippen LogP contribution in [0.15, 0.2) is 24.3 Å². The molecule has 1 aromatic rings. The molecular weight excluding hydrogens is 308 g/mol. The first kappa shape index (κ1) is 18.6. The molecule has 0 saturated heterocycles. The van der Waals surface area contributed by atoms with Crippen molar-refractivity contribution in [2.24, 2.45) is 5.41 Å². The molecule has 124 valence electrons. The van der Waals surface area contributed by atoms with Crippen molar-refractivity contribution < 1.29 is 18.4 Å². The Balaban J connectivity index is 2.45. The first-order valence-electron chi connectivity index (χ1n) is 7.07. The van der Waals surface area contributed by atoms with Gasteiger partial charge in [0.2, 0.25) is 0 Å². The minimum Gasteiger partial charge on any atom is -0.435 e. The predicted molar refractivity (Wildman–Crippen MR) is 88.8 cm³/mol. The number of rotatable bonds is 7. The number of halogens is 2. The van der Waals surface area contributed by atoms with Gasteiger partial charge in [0.1, 0.15) is 5.75 Å². The molecule has 4 nitrogen and oxygen atoms in total. The number of alkyl halides is 2. The first-order chi connectivity index (χ1) is 10.2. The van der Waals surface area contributed by atoms with Gasteiger partial charge in [-0.15, -0.1) is 0 Å². The van der Waals surface area contributed by atoms with Gasteiger partial charge in [-0.25, -0.2) is 0 Å². The van der Waals surface area contributed by atoms with E-state index in [-0.39, 0.29) is 11.2 Å². The van der Waals surface area contributed by atoms with Crippen LogP contribution >= 0.6 is 12.2 Å². The van der Waals surface area contributed by atoms with E-state index in [1.807, 2.05) is 0 Å². The molecule has 0 heterocycles. The van der Waals surface area contributed by atoms with Crippen molar-refractivity contribution in [2.75, 3.05) is 32.5 Å². The molecule has 0 aromatic heterocycles. The van der Waals surface area contributed by atoms with Crippen molar-refractivity contribution in [1.29, 1.82) is 0 Å². The second kappa shape index (κ2) is 8.24. The SMILES string of the molecule is C[NH+](C)CC(C)(C)CNC(=S)Nc1ccc(OC(F)F)cc1. The van der Waals surface area contributed by atoms with Crippen LogP contribution in [0.25, 0.3) is 0 Å². The van der Waals surface area contributed by atoms with E-state index in [1.165, 1.54) is 17.0 Å². The standard InChI is InChI=1S/C15H23F2N3OS/c1-15(2,10-20(3)4)9-18-14(22)19-11-5-7-12(8-6-11)21-13(16)17/h5-8,13H,9-10H2,1-4H3,(H2,18,19,22)/p+1. The first-order valence-corrected chi connectivity index (χ1v) is 7.47. The minimum absolute atomic E-state index is 0.111. The van der Waals surface area contributed by atoms with Gasteiger partial charge in [-0.3, -0.25) is 0 Å². The zero-order chi connectivity index (χ0) is 16.8. The Labute approximate surface area is 135 Å². The van der Waals surface area contributed by atoms with Gasteiger partial charge in [0.15, 0.2) is 5.11 Å². The summed E-state index contributed by atoms with van der Waals surface area (Å²) in [6.45, 7) is 3.29. The summed E-state index contributed by atoms with van der Waals surface area (Å²) < 4.78 is 28.4. The third-order valence-corrected chi connectivity index (χ3v) is 3.14. The highest BCUT2D eigenvalue weighted by Crippen LogP contribution is 2.17.